The number of ketones is 1. The van der Waals surface area contributed by atoms with Crippen molar-refractivity contribution in [1.82, 2.24) is 14.9 Å². The maximum atomic E-state index is 13.4. The zero-order valence-electron chi connectivity index (χ0n) is 15.7. The van der Waals surface area contributed by atoms with Crippen LogP contribution in [-0.2, 0) is 4.79 Å². The SMILES string of the molecule is CC[N+]1(c2ccccc2)C2=C(CC3=C1N(C)NC3)CC(C)(C)CC2=O. The van der Waals surface area contributed by atoms with Gasteiger partial charge in [-0.25, -0.2) is 9.91 Å². The lowest BCUT2D eigenvalue weighted by atomic mass is 9.72. The third-order valence-corrected chi connectivity index (χ3v) is 5.93. The number of nitrogens with zero attached hydrogens (tertiary/aromatic N) is 2. The molecule has 0 aromatic heterocycles. The molecule has 1 atom stereocenters. The number of carbonyl (C=O) groups excluding carboxylic acids is 1. The molecule has 0 saturated carbocycles. The van der Waals surface area contributed by atoms with Crippen LogP contribution >= 0.6 is 0 Å². The van der Waals surface area contributed by atoms with Gasteiger partial charge < -0.3 is 0 Å². The van der Waals surface area contributed by atoms with E-state index in [1.807, 2.05) is 6.07 Å². The maximum Gasteiger partial charge on any atom is 0.229 e. The van der Waals surface area contributed by atoms with Gasteiger partial charge in [-0.2, -0.15) is 0 Å². The van der Waals surface area contributed by atoms with Gasteiger partial charge in [-0.05, 0) is 18.8 Å². The van der Waals surface area contributed by atoms with Gasteiger partial charge in [0.2, 0.25) is 11.6 Å². The molecule has 4 rings (SSSR count). The number of allylic oxidation sites excluding steroid dienone is 2. The van der Waals surface area contributed by atoms with E-state index in [0.29, 0.717) is 16.7 Å². The monoisotopic (exact) mass is 338 g/mol. The first-order valence-electron chi connectivity index (χ1n) is 9.28. The van der Waals surface area contributed by atoms with Gasteiger partial charge in [0.25, 0.3) is 0 Å². The first-order chi connectivity index (χ1) is 11.9. The van der Waals surface area contributed by atoms with E-state index in [0.717, 1.165) is 31.6 Å². The molecule has 2 heterocycles. The standard InChI is InChI=1S/C21H28N3O/c1-5-24(17-9-7-6-8-10-17)19-15(12-21(2,3)13-18(19)25)11-16-14-22-23(4)20(16)24/h6-10,22H,5,11-14H2,1-4H3/q+1. The van der Waals surface area contributed by atoms with Crippen molar-refractivity contribution < 1.29 is 4.79 Å². The highest BCUT2D eigenvalue weighted by molar-refractivity contribution is 6.00. The lowest BCUT2D eigenvalue weighted by Crippen LogP contribution is -2.57. The van der Waals surface area contributed by atoms with Crippen LogP contribution in [0.1, 0.15) is 40.0 Å². The summed E-state index contributed by atoms with van der Waals surface area (Å²) in [7, 11) is 2.08. The van der Waals surface area contributed by atoms with Crippen LogP contribution in [0.15, 0.2) is 53.0 Å². The number of para-hydroxylation sites is 1. The Hall–Kier alpha value is -1.91. The van der Waals surface area contributed by atoms with Gasteiger partial charge in [0, 0.05) is 49.7 Å². The van der Waals surface area contributed by atoms with Crippen LogP contribution in [0.2, 0.25) is 0 Å². The van der Waals surface area contributed by atoms with E-state index in [4.69, 9.17) is 0 Å². The van der Waals surface area contributed by atoms with Gasteiger partial charge in [0.1, 0.15) is 5.69 Å². The summed E-state index contributed by atoms with van der Waals surface area (Å²) >= 11 is 0. The summed E-state index contributed by atoms with van der Waals surface area (Å²) in [5.74, 6) is 1.57. The first-order valence-corrected chi connectivity index (χ1v) is 9.28. The van der Waals surface area contributed by atoms with Crippen molar-refractivity contribution >= 4 is 11.5 Å². The minimum absolute atomic E-state index is 0.0615. The van der Waals surface area contributed by atoms with Crippen molar-refractivity contribution in [1.29, 1.82) is 0 Å². The molecule has 1 N–H and O–H groups in total. The van der Waals surface area contributed by atoms with E-state index in [-0.39, 0.29) is 5.41 Å². The maximum absolute atomic E-state index is 13.4. The summed E-state index contributed by atoms with van der Waals surface area (Å²) in [6.07, 6.45) is 2.59. The van der Waals surface area contributed by atoms with Gasteiger partial charge in [0.05, 0.1) is 6.54 Å². The summed E-state index contributed by atoms with van der Waals surface area (Å²) < 4.78 is 0.559. The van der Waals surface area contributed by atoms with Crippen molar-refractivity contribution in [3.63, 3.8) is 0 Å². The molecule has 0 radical (unpaired) electrons. The number of hydrogen-bond acceptors (Lipinski definition) is 3. The van der Waals surface area contributed by atoms with Crippen LogP contribution in [0.3, 0.4) is 0 Å². The minimum atomic E-state index is 0.0615. The molecular weight excluding hydrogens is 310 g/mol. The molecule has 0 saturated heterocycles. The molecule has 132 valence electrons. The average molecular weight is 338 g/mol. The Morgan fingerprint density at radius 3 is 2.56 bits per heavy atom. The molecule has 4 heteroatoms. The predicted molar refractivity (Wildman–Crippen MR) is 101 cm³/mol. The Labute approximate surface area is 150 Å². The van der Waals surface area contributed by atoms with Crippen LogP contribution < -0.4 is 9.91 Å². The van der Waals surface area contributed by atoms with Crippen LogP contribution in [-0.4, -0.2) is 30.9 Å². The minimum Gasteiger partial charge on any atom is -0.288 e. The third-order valence-electron chi connectivity index (χ3n) is 5.93. The van der Waals surface area contributed by atoms with Gasteiger partial charge in [-0.3, -0.25) is 9.80 Å². The quantitative estimate of drug-likeness (QED) is 0.834. The molecule has 4 nitrogen and oxygen atoms in total. The Morgan fingerprint density at radius 2 is 1.88 bits per heavy atom. The van der Waals surface area contributed by atoms with E-state index in [1.165, 1.54) is 22.7 Å². The zero-order valence-corrected chi connectivity index (χ0v) is 15.7. The molecular formula is C21H28N3O+. The summed E-state index contributed by atoms with van der Waals surface area (Å²) in [6.45, 7) is 8.37. The Kier molecular flexibility index (Phi) is 3.67. The molecule has 0 bridgehead atoms. The normalized spacial score (nSPS) is 28.3. The smallest absolute Gasteiger partial charge is 0.229 e. The summed E-state index contributed by atoms with van der Waals surface area (Å²) in [5.41, 5.74) is 8.53. The Bertz CT molecular complexity index is 791. The number of nitrogens with one attached hydrogen (secondary N) is 1. The number of quaternary nitrogens is 1. The van der Waals surface area contributed by atoms with Crippen molar-refractivity contribution in [3.8, 4) is 0 Å². The molecule has 3 aliphatic rings. The number of likely N-dealkylation sites (N-methyl/N-ethyl adjacent to an activating group) is 1. The Morgan fingerprint density at radius 1 is 1.16 bits per heavy atom. The van der Waals surface area contributed by atoms with Crippen LogP contribution in [0, 0.1) is 5.41 Å². The average Bonchev–Trinajstić information content (AvgIpc) is 2.94. The highest BCUT2D eigenvalue weighted by Crippen LogP contribution is 2.50. The van der Waals surface area contributed by atoms with E-state index >= 15 is 0 Å². The van der Waals surface area contributed by atoms with Crippen molar-refractivity contribution in [2.24, 2.45) is 5.41 Å². The summed E-state index contributed by atoms with van der Waals surface area (Å²) in [4.78, 5) is 13.4. The van der Waals surface area contributed by atoms with E-state index in [9.17, 15) is 4.79 Å². The Balaban J connectivity index is 2.00. The molecule has 1 aromatic carbocycles. The van der Waals surface area contributed by atoms with E-state index < -0.39 is 0 Å². The molecule has 0 fully saturated rings. The van der Waals surface area contributed by atoms with Gasteiger partial charge in [-0.1, -0.05) is 32.0 Å². The molecule has 1 aromatic rings. The molecule has 0 amide bonds. The van der Waals surface area contributed by atoms with Gasteiger partial charge in [-0.15, -0.1) is 0 Å². The number of Topliss-reactive ketones (excluding diaryl/α,β-unsaturated/α-hetero) is 1. The van der Waals surface area contributed by atoms with E-state index in [2.05, 4.69) is 62.5 Å². The first kappa shape index (κ1) is 16.6. The predicted octanol–water partition coefficient (Wildman–Crippen LogP) is 3.72. The summed E-state index contributed by atoms with van der Waals surface area (Å²) in [6, 6.07) is 10.6. The fourth-order valence-electron chi connectivity index (χ4n) is 5.13. The lowest BCUT2D eigenvalue weighted by molar-refractivity contribution is -0.119. The molecule has 1 aliphatic carbocycles. The van der Waals surface area contributed by atoms with Crippen molar-refractivity contribution in [2.45, 2.75) is 40.0 Å². The topological polar surface area (TPSA) is 32.3 Å². The molecule has 0 spiro atoms. The summed E-state index contributed by atoms with van der Waals surface area (Å²) in [5, 5.41) is 2.14. The lowest BCUT2D eigenvalue weighted by Gasteiger charge is -2.46. The molecule has 25 heavy (non-hydrogen) atoms. The van der Waals surface area contributed by atoms with Gasteiger partial charge in [0.15, 0.2) is 5.70 Å². The zero-order chi connectivity index (χ0) is 17.8. The highest BCUT2D eigenvalue weighted by Gasteiger charge is 2.54. The number of benzene rings is 1. The van der Waals surface area contributed by atoms with Crippen molar-refractivity contribution in [3.05, 3.63) is 53.0 Å². The van der Waals surface area contributed by atoms with Crippen LogP contribution in [0.5, 0.6) is 0 Å². The number of hydrazine groups is 1. The number of hydrogen-bond donors (Lipinski definition) is 1. The second kappa shape index (κ2) is 5.55. The van der Waals surface area contributed by atoms with Crippen LogP contribution in [0.4, 0.5) is 5.69 Å². The second-order valence-electron chi connectivity index (χ2n) is 8.35. The highest BCUT2D eigenvalue weighted by atomic mass is 16.1. The molecule has 2 aliphatic heterocycles. The van der Waals surface area contributed by atoms with Crippen LogP contribution in [0.25, 0.3) is 0 Å². The van der Waals surface area contributed by atoms with E-state index in [1.54, 1.807) is 0 Å². The van der Waals surface area contributed by atoms with Crippen molar-refractivity contribution in [2.75, 3.05) is 20.1 Å². The fourth-order valence-corrected chi connectivity index (χ4v) is 5.13. The van der Waals surface area contributed by atoms with Gasteiger partial charge >= 0.3 is 0 Å². The fraction of sp³-hybridized carbons (Fsp3) is 0.476. The third kappa shape index (κ3) is 2.31. The second-order valence-corrected chi connectivity index (χ2v) is 8.35. The largest absolute Gasteiger partial charge is 0.288 e. The number of rotatable bonds is 2. The number of carbonyl (C=O) groups is 1. The molecule has 1 unspecified atom stereocenters.